The van der Waals surface area contributed by atoms with E-state index >= 15 is 0 Å². The highest BCUT2D eigenvalue weighted by Crippen LogP contribution is 2.29. The highest BCUT2D eigenvalue weighted by atomic mass is 19.1. The fraction of sp³-hybridized carbons (Fsp3) is 0.556. The first-order valence-corrected chi connectivity index (χ1v) is 8.66. The first-order chi connectivity index (χ1) is 12.0. The second-order valence-corrected chi connectivity index (χ2v) is 6.69. The predicted octanol–water partition coefficient (Wildman–Crippen LogP) is 1.38. The van der Waals surface area contributed by atoms with Gasteiger partial charge in [0.1, 0.15) is 11.4 Å². The molecule has 2 saturated heterocycles. The first kappa shape index (κ1) is 17.7. The first-order valence-electron chi connectivity index (χ1n) is 8.66. The summed E-state index contributed by atoms with van der Waals surface area (Å²) >= 11 is 0. The molecule has 0 aliphatic carbocycles. The Morgan fingerprint density at radius 3 is 2.76 bits per heavy atom. The number of hydrogen-bond acceptors (Lipinski definition) is 4. The van der Waals surface area contributed by atoms with Crippen molar-refractivity contribution in [3.8, 4) is 0 Å². The SMILES string of the molecule is CNC(=O)C1(Nc2cccc(F)c2)CCN(C(=O)C2CCOCC2)C1. The molecule has 2 fully saturated rings. The number of rotatable bonds is 4. The van der Waals surface area contributed by atoms with Gasteiger partial charge in [-0.15, -0.1) is 0 Å². The van der Waals surface area contributed by atoms with E-state index in [9.17, 15) is 14.0 Å². The van der Waals surface area contributed by atoms with Crippen LogP contribution in [0.15, 0.2) is 24.3 Å². The fourth-order valence-corrected chi connectivity index (χ4v) is 3.63. The molecule has 0 radical (unpaired) electrons. The molecule has 2 amide bonds. The number of ether oxygens (including phenoxy) is 1. The molecule has 25 heavy (non-hydrogen) atoms. The Labute approximate surface area is 146 Å². The van der Waals surface area contributed by atoms with Crippen molar-refractivity contribution in [3.63, 3.8) is 0 Å². The molecule has 0 bridgehead atoms. The van der Waals surface area contributed by atoms with Gasteiger partial charge in [0.25, 0.3) is 0 Å². The van der Waals surface area contributed by atoms with Crippen LogP contribution in [0.2, 0.25) is 0 Å². The highest BCUT2D eigenvalue weighted by molar-refractivity contribution is 5.91. The summed E-state index contributed by atoms with van der Waals surface area (Å²) in [6.07, 6.45) is 1.93. The molecule has 1 aromatic rings. The summed E-state index contributed by atoms with van der Waals surface area (Å²) in [5.74, 6) is -0.525. The van der Waals surface area contributed by atoms with Gasteiger partial charge in [-0.25, -0.2) is 4.39 Å². The average Bonchev–Trinajstić information content (AvgIpc) is 3.06. The van der Waals surface area contributed by atoms with E-state index in [1.165, 1.54) is 12.1 Å². The minimum absolute atomic E-state index is 0.0385. The number of likely N-dealkylation sites (tertiary alicyclic amines) is 1. The van der Waals surface area contributed by atoms with Gasteiger partial charge in [0.2, 0.25) is 11.8 Å². The minimum Gasteiger partial charge on any atom is -0.381 e. The molecular weight excluding hydrogens is 325 g/mol. The maximum Gasteiger partial charge on any atom is 0.247 e. The number of benzene rings is 1. The van der Waals surface area contributed by atoms with Gasteiger partial charge in [-0.05, 0) is 37.5 Å². The third-order valence-corrected chi connectivity index (χ3v) is 5.02. The van der Waals surface area contributed by atoms with Gasteiger partial charge >= 0.3 is 0 Å². The van der Waals surface area contributed by atoms with Gasteiger partial charge in [-0.1, -0.05) is 6.07 Å². The van der Waals surface area contributed by atoms with Crippen molar-refractivity contribution in [2.24, 2.45) is 5.92 Å². The van der Waals surface area contributed by atoms with Crippen LogP contribution in [0, 0.1) is 11.7 Å². The lowest BCUT2D eigenvalue weighted by molar-refractivity contribution is -0.137. The van der Waals surface area contributed by atoms with E-state index in [-0.39, 0.29) is 30.1 Å². The molecule has 7 heteroatoms. The summed E-state index contributed by atoms with van der Waals surface area (Å²) < 4.78 is 18.8. The molecule has 0 spiro atoms. The second-order valence-electron chi connectivity index (χ2n) is 6.69. The van der Waals surface area contributed by atoms with Crippen molar-refractivity contribution in [1.82, 2.24) is 10.2 Å². The highest BCUT2D eigenvalue weighted by Gasteiger charge is 2.46. The topological polar surface area (TPSA) is 70.7 Å². The normalized spacial score (nSPS) is 24.2. The molecular formula is C18H24FN3O3. The quantitative estimate of drug-likeness (QED) is 0.862. The monoisotopic (exact) mass is 349 g/mol. The Kier molecular flexibility index (Phi) is 5.22. The van der Waals surface area contributed by atoms with E-state index in [0.717, 1.165) is 12.8 Å². The van der Waals surface area contributed by atoms with Crippen LogP contribution in [0.3, 0.4) is 0 Å². The Morgan fingerprint density at radius 1 is 1.32 bits per heavy atom. The van der Waals surface area contributed by atoms with Crippen LogP contribution in [-0.2, 0) is 14.3 Å². The molecule has 1 atom stereocenters. The molecule has 2 N–H and O–H groups in total. The number of nitrogens with zero attached hydrogens (tertiary/aromatic N) is 1. The molecule has 1 unspecified atom stereocenters. The van der Waals surface area contributed by atoms with Crippen LogP contribution < -0.4 is 10.6 Å². The Hall–Kier alpha value is -2.15. The van der Waals surface area contributed by atoms with Crippen LogP contribution in [-0.4, -0.2) is 55.6 Å². The smallest absolute Gasteiger partial charge is 0.247 e. The summed E-state index contributed by atoms with van der Waals surface area (Å²) in [6.45, 7) is 1.99. The second kappa shape index (κ2) is 7.39. The molecule has 0 saturated carbocycles. The van der Waals surface area contributed by atoms with Crippen molar-refractivity contribution in [2.45, 2.75) is 24.8 Å². The van der Waals surface area contributed by atoms with Gasteiger partial charge in [-0.2, -0.15) is 0 Å². The van der Waals surface area contributed by atoms with Crippen molar-refractivity contribution < 1.29 is 18.7 Å². The lowest BCUT2D eigenvalue weighted by Crippen LogP contribution is -2.54. The fourth-order valence-electron chi connectivity index (χ4n) is 3.63. The summed E-state index contributed by atoms with van der Waals surface area (Å²) in [4.78, 5) is 27.0. The zero-order valence-electron chi connectivity index (χ0n) is 14.4. The summed E-state index contributed by atoms with van der Waals surface area (Å²) in [7, 11) is 1.57. The molecule has 2 heterocycles. The van der Waals surface area contributed by atoms with E-state index in [1.54, 1.807) is 24.1 Å². The summed E-state index contributed by atoms with van der Waals surface area (Å²) in [6, 6.07) is 6.02. The van der Waals surface area contributed by atoms with Crippen LogP contribution >= 0.6 is 0 Å². The molecule has 0 aromatic heterocycles. The van der Waals surface area contributed by atoms with Crippen molar-refractivity contribution >= 4 is 17.5 Å². The number of hydrogen-bond donors (Lipinski definition) is 2. The van der Waals surface area contributed by atoms with E-state index in [1.807, 2.05) is 0 Å². The van der Waals surface area contributed by atoms with Crippen molar-refractivity contribution in [1.29, 1.82) is 0 Å². The summed E-state index contributed by atoms with van der Waals surface area (Å²) in [5.41, 5.74) is -0.410. The number of nitrogens with one attached hydrogen (secondary N) is 2. The Morgan fingerprint density at radius 2 is 2.08 bits per heavy atom. The number of likely N-dealkylation sites (N-methyl/N-ethyl adjacent to an activating group) is 1. The Bertz CT molecular complexity index is 648. The lowest BCUT2D eigenvalue weighted by atomic mass is 9.96. The maximum absolute atomic E-state index is 13.5. The Balaban J connectivity index is 1.75. The van der Waals surface area contributed by atoms with Crippen molar-refractivity contribution in [2.75, 3.05) is 38.7 Å². The van der Waals surface area contributed by atoms with E-state index in [2.05, 4.69) is 10.6 Å². The number of carbonyl (C=O) groups is 2. The zero-order valence-corrected chi connectivity index (χ0v) is 14.4. The third kappa shape index (κ3) is 3.76. The number of carbonyl (C=O) groups excluding carboxylic acids is 2. The lowest BCUT2D eigenvalue weighted by Gasteiger charge is -2.31. The molecule has 136 valence electrons. The number of amides is 2. The number of anilines is 1. The molecule has 2 aliphatic rings. The van der Waals surface area contributed by atoms with Gasteiger partial charge in [0.05, 0.1) is 6.54 Å². The van der Waals surface area contributed by atoms with Gasteiger partial charge in [0, 0.05) is 38.4 Å². The maximum atomic E-state index is 13.5. The predicted molar refractivity (Wildman–Crippen MR) is 91.6 cm³/mol. The van der Waals surface area contributed by atoms with Crippen LogP contribution in [0.25, 0.3) is 0 Å². The molecule has 6 nitrogen and oxygen atoms in total. The minimum atomic E-state index is -0.941. The zero-order chi connectivity index (χ0) is 17.9. The molecule has 1 aromatic carbocycles. The molecule has 2 aliphatic heterocycles. The number of halogens is 1. The van der Waals surface area contributed by atoms with Crippen molar-refractivity contribution in [3.05, 3.63) is 30.1 Å². The third-order valence-electron chi connectivity index (χ3n) is 5.02. The van der Waals surface area contributed by atoms with Gasteiger partial charge in [0.15, 0.2) is 0 Å². The van der Waals surface area contributed by atoms with E-state index in [4.69, 9.17) is 4.74 Å². The van der Waals surface area contributed by atoms with Crippen LogP contribution in [0.4, 0.5) is 10.1 Å². The van der Waals surface area contributed by atoms with E-state index < -0.39 is 5.54 Å². The molecule has 3 rings (SSSR count). The largest absolute Gasteiger partial charge is 0.381 e. The standard InChI is InChI=1S/C18H24FN3O3/c1-20-17(24)18(21-15-4-2-3-14(19)11-15)7-8-22(12-18)16(23)13-5-9-25-10-6-13/h2-4,11,13,21H,5-10,12H2,1H3,(H,20,24). The van der Waals surface area contributed by atoms with Gasteiger partial charge < -0.3 is 20.3 Å². The van der Waals surface area contributed by atoms with Crippen LogP contribution in [0.1, 0.15) is 19.3 Å². The van der Waals surface area contributed by atoms with Gasteiger partial charge in [-0.3, -0.25) is 9.59 Å². The van der Waals surface area contributed by atoms with E-state index in [0.29, 0.717) is 31.9 Å². The summed E-state index contributed by atoms with van der Waals surface area (Å²) in [5, 5.41) is 5.83. The van der Waals surface area contributed by atoms with Crippen LogP contribution in [0.5, 0.6) is 0 Å². The average molecular weight is 349 g/mol.